The molecule has 2 nitrogen and oxygen atoms in total. The van der Waals surface area contributed by atoms with E-state index in [-0.39, 0.29) is 6.10 Å². The van der Waals surface area contributed by atoms with Crippen LogP contribution in [0, 0.1) is 5.92 Å². The Bertz CT molecular complexity index is 217. The van der Waals surface area contributed by atoms with Crippen LogP contribution < -0.4 is 0 Å². The van der Waals surface area contributed by atoms with Crippen molar-refractivity contribution in [2.45, 2.75) is 90.2 Å². The SMILES string of the molecule is CC(C)CN(C)C1CCCCCCCCCCC1O. The average Bonchev–Trinajstić information content (AvgIpc) is 2.32. The molecule has 1 rings (SSSR count). The van der Waals surface area contributed by atoms with E-state index in [1.807, 2.05) is 0 Å². The molecule has 0 aromatic rings. The lowest BCUT2D eigenvalue weighted by atomic mass is 9.94. The van der Waals surface area contributed by atoms with Crippen LogP contribution in [0.2, 0.25) is 0 Å². The van der Waals surface area contributed by atoms with E-state index in [1.165, 1.54) is 57.8 Å². The topological polar surface area (TPSA) is 23.5 Å². The van der Waals surface area contributed by atoms with Crippen LogP contribution in [0.25, 0.3) is 0 Å². The van der Waals surface area contributed by atoms with E-state index in [0.29, 0.717) is 12.0 Å². The highest BCUT2D eigenvalue weighted by Gasteiger charge is 2.23. The molecule has 0 spiro atoms. The van der Waals surface area contributed by atoms with Crippen LogP contribution in [0.1, 0.15) is 78.1 Å². The van der Waals surface area contributed by atoms with E-state index < -0.39 is 0 Å². The average molecular weight is 269 g/mol. The van der Waals surface area contributed by atoms with Gasteiger partial charge < -0.3 is 10.0 Å². The zero-order chi connectivity index (χ0) is 14.1. The summed E-state index contributed by atoms with van der Waals surface area (Å²) >= 11 is 0. The molecule has 2 unspecified atom stereocenters. The second-order valence-corrected chi connectivity index (χ2v) is 6.87. The first-order valence-corrected chi connectivity index (χ1v) is 8.49. The summed E-state index contributed by atoms with van der Waals surface area (Å²) in [5.41, 5.74) is 0. The molecular weight excluding hydrogens is 234 g/mol. The summed E-state index contributed by atoms with van der Waals surface area (Å²) in [4.78, 5) is 2.40. The number of rotatable bonds is 3. The lowest BCUT2D eigenvalue weighted by molar-refractivity contribution is 0.0434. The molecule has 0 radical (unpaired) electrons. The van der Waals surface area contributed by atoms with Crippen LogP contribution >= 0.6 is 0 Å². The van der Waals surface area contributed by atoms with Crippen LogP contribution in [0.4, 0.5) is 0 Å². The molecule has 0 aromatic heterocycles. The molecule has 1 fully saturated rings. The smallest absolute Gasteiger partial charge is 0.0695 e. The van der Waals surface area contributed by atoms with Gasteiger partial charge in [-0.1, -0.05) is 65.2 Å². The summed E-state index contributed by atoms with van der Waals surface area (Å²) in [6.45, 7) is 5.62. The van der Waals surface area contributed by atoms with Crippen molar-refractivity contribution >= 4 is 0 Å². The third-order valence-electron chi connectivity index (χ3n) is 4.41. The summed E-state index contributed by atoms with van der Waals surface area (Å²) in [6.07, 6.45) is 12.7. The number of likely N-dealkylation sites (N-methyl/N-ethyl adjacent to an activating group) is 1. The van der Waals surface area contributed by atoms with Crippen molar-refractivity contribution in [2.24, 2.45) is 5.92 Å². The summed E-state index contributed by atoms with van der Waals surface area (Å²) in [6, 6.07) is 0.377. The largest absolute Gasteiger partial charge is 0.391 e. The molecule has 2 heteroatoms. The highest BCUT2D eigenvalue weighted by molar-refractivity contribution is 4.78. The van der Waals surface area contributed by atoms with Gasteiger partial charge in [0.2, 0.25) is 0 Å². The second kappa shape index (κ2) is 9.77. The van der Waals surface area contributed by atoms with Crippen LogP contribution in [-0.2, 0) is 0 Å². The number of aliphatic hydroxyl groups excluding tert-OH is 1. The van der Waals surface area contributed by atoms with Crippen LogP contribution in [-0.4, -0.2) is 35.7 Å². The van der Waals surface area contributed by atoms with Crippen molar-refractivity contribution in [1.29, 1.82) is 0 Å². The van der Waals surface area contributed by atoms with E-state index in [4.69, 9.17) is 0 Å². The molecule has 0 bridgehead atoms. The van der Waals surface area contributed by atoms with Gasteiger partial charge in [-0.05, 0) is 25.8 Å². The third kappa shape index (κ3) is 7.31. The first kappa shape index (κ1) is 17.0. The Kier molecular flexibility index (Phi) is 8.72. The maximum Gasteiger partial charge on any atom is 0.0695 e. The van der Waals surface area contributed by atoms with E-state index in [0.717, 1.165) is 13.0 Å². The normalized spacial score (nSPS) is 28.1. The summed E-state index contributed by atoms with van der Waals surface area (Å²) in [5, 5.41) is 10.5. The minimum atomic E-state index is -0.122. The quantitative estimate of drug-likeness (QED) is 0.829. The lowest BCUT2D eigenvalue weighted by Gasteiger charge is -2.33. The Morgan fingerprint density at radius 1 is 0.895 bits per heavy atom. The molecule has 0 saturated heterocycles. The van der Waals surface area contributed by atoms with Gasteiger partial charge in [-0.2, -0.15) is 0 Å². The molecular formula is C17H35NO. The maximum absolute atomic E-state index is 10.5. The molecule has 1 saturated carbocycles. The molecule has 1 N–H and O–H groups in total. The van der Waals surface area contributed by atoms with Gasteiger partial charge in [-0.15, -0.1) is 0 Å². The summed E-state index contributed by atoms with van der Waals surface area (Å²) in [5.74, 6) is 0.679. The van der Waals surface area contributed by atoms with Crippen molar-refractivity contribution < 1.29 is 5.11 Å². The van der Waals surface area contributed by atoms with Crippen molar-refractivity contribution in [2.75, 3.05) is 13.6 Å². The predicted molar refractivity (Wildman–Crippen MR) is 83.4 cm³/mol. The van der Waals surface area contributed by atoms with E-state index in [2.05, 4.69) is 25.8 Å². The highest BCUT2D eigenvalue weighted by Crippen LogP contribution is 2.20. The fraction of sp³-hybridized carbons (Fsp3) is 1.00. The highest BCUT2D eigenvalue weighted by atomic mass is 16.3. The Balaban J connectivity index is 2.50. The first-order valence-electron chi connectivity index (χ1n) is 8.49. The molecule has 114 valence electrons. The fourth-order valence-corrected chi connectivity index (χ4v) is 3.38. The number of aliphatic hydroxyl groups is 1. The fourth-order valence-electron chi connectivity index (χ4n) is 3.38. The van der Waals surface area contributed by atoms with E-state index in [9.17, 15) is 5.11 Å². The van der Waals surface area contributed by atoms with Crippen molar-refractivity contribution in [1.82, 2.24) is 4.90 Å². The first-order chi connectivity index (χ1) is 9.11. The van der Waals surface area contributed by atoms with Gasteiger partial charge in [-0.3, -0.25) is 0 Å². The molecule has 0 heterocycles. The predicted octanol–water partition coefficient (Wildman–Crippen LogP) is 4.22. The molecule has 1 aliphatic carbocycles. The van der Waals surface area contributed by atoms with Gasteiger partial charge >= 0.3 is 0 Å². The van der Waals surface area contributed by atoms with Crippen LogP contribution in [0.5, 0.6) is 0 Å². The van der Waals surface area contributed by atoms with Gasteiger partial charge in [-0.25, -0.2) is 0 Å². The standard InChI is InChI=1S/C17H35NO/c1-15(2)14-18(3)16-12-10-8-6-4-5-7-9-11-13-17(16)19/h15-17,19H,4-14H2,1-3H3. The lowest BCUT2D eigenvalue weighted by Crippen LogP contribution is -2.43. The molecule has 1 aliphatic rings. The van der Waals surface area contributed by atoms with Crippen molar-refractivity contribution in [3.8, 4) is 0 Å². The Morgan fingerprint density at radius 3 is 1.89 bits per heavy atom. The van der Waals surface area contributed by atoms with Gasteiger partial charge in [0.15, 0.2) is 0 Å². The van der Waals surface area contributed by atoms with Crippen molar-refractivity contribution in [3.05, 3.63) is 0 Å². The Labute approximate surface area is 120 Å². The minimum Gasteiger partial charge on any atom is -0.391 e. The Morgan fingerprint density at radius 2 is 1.37 bits per heavy atom. The maximum atomic E-state index is 10.5. The van der Waals surface area contributed by atoms with E-state index in [1.54, 1.807) is 0 Å². The van der Waals surface area contributed by atoms with Gasteiger partial charge in [0.05, 0.1) is 6.10 Å². The molecule has 0 amide bonds. The summed E-state index contributed by atoms with van der Waals surface area (Å²) < 4.78 is 0. The van der Waals surface area contributed by atoms with E-state index >= 15 is 0 Å². The zero-order valence-corrected chi connectivity index (χ0v) is 13.4. The second-order valence-electron chi connectivity index (χ2n) is 6.87. The van der Waals surface area contributed by atoms with Gasteiger partial charge in [0.1, 0.15) is 0 Å². The molecule has 0 aromatic carbocycles. The number of nitrogens with zero attached hydrogens (tertiary/aromatic N) is 1. The molecule has 19 heavy (non-hydrogen) atoms. The minimum absolute atomic E-state index is 0.122. The zero-order valence-electron chi connectivity index (χ0n) is 13.4. The molecule has 0 aliphatic heterocycles. The van der Waals surface area contributed by atoms with Gasteiger partial charge in [0.25, 0.3) is 0 Å². The summed E-state index contributed by atoms with van der Waals surface area (Å²) in [7, 11) is 2.19. The monoisotopic (exact) mass is 269 g/mol. The molecule has 2 atom stereocenters. The number of hydrogen-bond donors (Lipinski definition) is 1. The number of hydrogen-bond acceptors (Lipinski definition) is 2. The van der Waals surface area contributed by atoms with Crippen LogP contribution in [0.3, 0.4) is 0 Å². The Hall–Kier alpha value is -0.0800. The third-order valence-corrected chi connectivity index (χ3v) is 4.41. The van der Waals surface area contributed by atoms with Crippen molar-refractivity contribution in [3.63, 3.8) is 0 Å². The van der Waals surface area contributed by atoms with Gasteiger partial charge in [0, 0.05) is 12.6 Å². The van der Waals surface area contributed by atoms with Crippen LogP contribution in [0.15, 0.2) is 0 Å².